The number of rotatable bonds is 3. The van der Waals surface area contributed by atoms with Crippen LogP contribution in [0.2, 0.25) is 0 Å². The lowest BCUT2D eigenvalue weighted by Gasteiger charge is -2.29. The fourth-order valence-corrected chi connectivity index (χ4v) is 2.35. The molecule has 1 aliphatic rings. The van der Waals surface area contributed by atoms with Crippen LogP contribution in [0.1, 0.15) is 24.2 Å². The molecule has 0 unspecified atom stereocenters. The number of nitrogens with two attached hydrogens (primary N) is 1. The summed E-state index contributed by atoms with van der Waals surface area (Å²) in [6.45, 7) is 5.92. The van der Waals surface area contributed by atoms with Crippen molar-refractivity contribution in [1.82, 2.24) is 15.1 Å². The SMILES string of the molecule is Cc1n[nH]c(C)c1NC(=O)CN1CCC[C@@H](N)C1. The second kappa shape index (κ2) is 5.49. The lowest BCUT2D eigenvalue weighted by atomic mass is 10.1. The number of hydrogen-bond acceptors (Lipinski definition) is 4. The van der Waals surface area contributed by atoms with Crippen LogP contribution >= 0.6 is 0 Å². The highest BCUT2D eigenvalue weighted by Gasteiger charge is 2.19. The first-order valence-electron chi connectivity index (χ1n) is 6.35. The molecule has 1 saturated heterocycles. The van der Waals surface area contributed by atoms with Crippen molar-refractivity contribution in [3.63, 3.8) is 0 Å². The second-order valence-electron chi connectivity index (χ2n) is 4.99. The zero-order valence-corrected chi connectivity index (χ0v) is 11.0. The largest absolute Gasteiger partial charge is 0.327 e. The monoisotopic (exact) mass is 251 g/mol. The van der Waals surface area contributed by atoms with Crippen molar-refractivity contribution in [1.29, 1.82) is 0 Å². The van der Waals surface area contributed by atoms with Gasteiger partial charge in [0, 0.05) is 12.6 Å². The first-order chi connectivity index (χ1) is 8.56. The van der Waals surface area contributed by atoms with Crippen molar-refractivity contribution in [2.24, 2.45) is 5.73 Å². The van der Waals surface area contributed by atoms with Crippen molar-refractivity contribution >= 4 is 11.6 Å². The van der Waals surface area contributed by atoms with Crippen LogP contribution in [0, 0.1) is 13.8 Å². The Balaban J connectivity index is 1.89. The number of carbonyl (C=O) groups is 1. The number of anilines is 1. The second-order valence-corrected chi connectivity index (χ2v) is 4.99. The Morgan fingerprint density at radius 2 is 2.39 bits per heavy atom. The number of aromatic nitrogens is 2. The lowest BCUT2D eigenvalue weighted by molar-refractivity contribution is -0.117. The predicted octanol–water partition coefficient (Wildman–Crippen LogP) is 0.388. The van der Waals surface area contributed by atoms with Crippen LogP contribution in [0.15, 0.2) is 0 Å². The maximum absolute atomic E-state index is 12.0. The highest BCUT2D eigenvalue weighted by atomic mass is 16.2. The van der Waals surface area contributed by atoms with Crippen molar-refractivity contribution in [2.45, 2.75) is 32.7 Å². The zero-order chi connectivity index (χ0) is 13.1. The molecule has 100 valence electrons. The van der Waals surface area contributed by atoms with Crippen LogP contribution in [-0.2, 0) is 4.79 Å². The third-order valence-electron chi connectivity index (χ3n) is 3.30. The van der Waals surface area contributed by atoms with Gasteiger partial charge in [0.05, 0.1) is 23.6 Å². The maximum Gasteiger partial charge on any atom is 0.238 e. The van der Waals surface area contributed by atoms with Gasteiger partial charge in [-0.25, -0.2) is 0 Å². The number of nitrogens with zero attached hydrogens (tertiary/aromatic N) is 2. The first-order valence-corrected chi connectivity index (χ1v) is 6.35. The highest BCUT2D eigenvalue weighted by molar-refractivity contribution is 5.93. The van der Waals surface area contributed by atoms with E-state index in [1.807, 2.05) is 13.8 Å². The molecule has 1 aromatic rings. The van der Waals surface area contributed by atoms with Gasteiger partial charge in [-0.15, -0.1) is 0 Å². The summed E-state index contributed by atoms with van der Waals surface area (Å²) in [6.07, 6.45) is 2.12. The van der Waals surface area contributed by atoms with Gasteiger partial charge >= 0.3 is 0 Å². The van der Waals surface area contributed by atoms with Crippen molar-refractivity contribution in [3.8, 4) is 0 Å². The van der Waals surface area contributed by atoms with E-state index in [-0.39, 0.29) is 11.9 Å². The normalized spacial score (nSPS) is 20.9. The van der Waals surface area contributed by atoms with Gasteiger partial charge in [0.15, 0.2) is 0 Å². The van der Waals surface area contributed by atoms with E-state index in [2.05, 4.69) is 20.4 Å². The number of aromatic amines is 1. The van der Waals surface area contributed by atoms with Crippen LogP contribution in [0.25, 0.3) is 0 Å². The number of carbonyl (C=O) groups excluding carboxylic acids is 1. The third kappa shape index (κ3) is 3.08. The number of hydrogen-bond donors (Lipinski definition) is 3. The topological polar surface area (TPSA) is 87.0 Å². The van der Waals surface area contributed by atoms with E-state index in [0.29, 0.717) is 6.54 Å². The van der Waals surface area contributed by atoms with Gasteiger partial charge in [0.1, 0.15) is 0 Å². The van der Waals surface area contributed by atoms with Gasteiger partial charge in [0.2, 0.25) is 5.91 Å². The molecule has 6 nitrogen and oxygen atoms in total. The number of aryl methyl sites for hydroxylation is 2. The quantitative estimate of drug-likeness (QED) is 0.725. The molecule has 1 aliphatic heterocycles. The van der Waals surface area contributed by atoms with E-state index >= 15 is 0 Å². The molecule has 6 heteroatoms. The molecule has 1 amide bonds. The summed E-state index contributed by atoms with van der Waals surface area (Å²) < 4.78 is 0. The van der Waals surface area contributed by atoms with Crippen LogP contribution in [0.4, 0.5) is 5.69 Å². The molecule has 18 heavy (non-hydrogen) atoms. The molecule has 0 aliphatic carbocycles. The Morgan fingerprint density at radius 1 is 1.61 bits per heavy atom. The van der Waals surface area contributed by atoms with Gasteiger partial charge in [0.25, 0.3) is 0 Å². The minimum absolute atomic E-state index is 0.00306. The average Bonchev–Trinajstić information content (AvgIpc) is 2.61. The van der Waals surface area contributed by atoms with Crippen LogP contribution in [0.5, 0.6) is 0 Å². The zero-order valence-electron chi connectivity index (χ0n) is 11.0. The van der Waals surface area contributed by atoms with Gasteiger partial charge in [-0.2, -0.15) is 5.10 Å². The van der Waals surface area contributed by atoms with Gasteiger partial charge in [-0.05, 0) is 33.2 Å². The molecule has 4 N–H and O–H groups in total. The summed E-state index contributed by atoms with van der Waals surface area (Å²) >= 11 is 0. The molecule has 0 bridgehead atoms. The third-order valence-corrected chi connectivity index (χ3v) is 3.30. The summed E-state index contributed by atoms with van der Waals surface area (Å²) in [5.74, 6) is -0.00306. The molecule has 1 aromatic heterocycles. The number of H-pyrrole nitrogens is 1. The summed E-state index contributed by atoms with van der Waals surface area (Å²) in [4.78, 5) is 14.1. The Hall–Kier alpha value is -1.40. The van der Waals surface area contributed by atoms with E-state index in [4.69, 9.17) is 5.73 Å². The molecule has 1 fully saturated rings. The van der Waals surface area contributed by atoms with Crippen LogP contribution < -0.4 is 11.1 Å². The van der Waals surface area contributed by atoms with Crippen molar-refractivity contribution < 1.29 is 4.79 Å². The minimum atomic E-state index is -0.00306. The van der Waals surface area contributed by atoms with Gasteiger partial charge in [-0.3, -0.25) is 14.8 Å². The molecule has 0 aromatic carbocycles. The molecule has 0 spiro atoms. The smallest absolute Gasteiger partial charge is 0.238 e. The summed E-state index contributed by atoms with van der Waals surface area (Å²) in [7, 11) is 0. The van der Waals surface area contributed by atoms with Gasteiger partial charge < -0.3 is 11.1 Å². The summed E-state index contributed by atoms with van der Waals surface area (Å²) in [5, 5.41) is 9.81. The van der Waals surface area contributed by atoms with Crippen LogP contribution in [-0.4, -0.2) is 46.7 Å². The van der Waals surface area contributed by atoms with Gasteiger partial charge in [-0.1, -0.05) is 0 Å². The fraction of sp³-hybridized carbons (Fsp3) is 0.667. The highest BCUT2D eigenvalue weighted by Crippen LogP contribution is 2.16. The molecular formula is C12H21N5O. The summed E-state index contributed by atoms with van der Waals surface area (Å²) in [6, 6.07) is 0.198. The van der Waals surface area contributed by atoms with E-state index < -0.39 is 0 Å². The fourth-order valence-electron chi connectivity index (χ4n) is 2.35. The molecule has 2 rings (SSSR count). The van der Waals surface area contributed by atoms with Crippen LogP contribution in [0.3, 0.4) is 0 Å². The Bertz CT molecular complexity index is 409. The molecule has 2 heterocycles. The first kappa shape index (κ1) is 13.0. The molecule has 0 saturated carbocycles. The Kier molecular flexibility index (Phi) is 3.98. The number of amides is 1. The number of piperidine rings is 1. The Morgan fingerprint density at radius 3 is 3.00 bits per heavy atom. The number of likely N-dealkylation sites (tertiary alicyclic amines) is 1. The average molecular weight is 251 g/mol. The molecular weight excluding hydrogens is 230 g/mol. The van der Waals surface area contributed by atoms with E-state index in [1.54, 1.807) is 0 Å². The Labute approximate surface area is 107 Å². The van der Waals surface area contributed by atoms with Crippen molar-refractivity contribution in [2.75, 3.05) is 25.0 Å². The van der Waals surface area contributed by atoms with E-state index in [9.17, 15) is 4.79 Å². The predicted molar refractivity (Wildman–Crippen MR) is 70.3 cm³/mol. The maximum atomic E-state index is 12.0. The number of nitrogens with one attached hydrogen (secondary N) is 2. The molecule has 1 atom stereocenters. The van der Waals surface area contributed by atoms with Crippen molar-refractivity contribution in [3.05, 3.63) is 11.4 Å². The minimum Gasteiger partial charge on any atom is -0.327 e. The lowest BCUT2D eigenvalue weighted by Crippen LogP contribution is -2.45. The van der Waals surface area contributed by atoms with E-state index in [1.165, 1.54) is 0 Å². The molecule has 0 radical (unpaired) electrons. The van der Waals surface area contributed by atoms with E-state index in [0.717, 1.165) is 43.0 Å². The standard InChI is InChI=1S/C12H21N5O/c1-8-12(9(2)16-15-8)14-11(18)7-17-5-3-4-10(13)6-17/h10H,3-7,13H2,1-2H3,(H,14,18)(H,15,16)/t10-/m1/s1. The summed E-state index contributed by atoms with van der Waals surface area (Å²) in [5.41, 5.74) is 8.39.